The van der Waals surface area contributed by atoms with Gasteiger partial charge in [-0.2, -0.15) is 0 Å². The Morgan fingerprint density at radius 1 is 0.690 bits per heavy atom. The molecule has 0 heterocycles. The van der Waals surface area contributed by atoms with Gasteiger partial charge in [0.25, 0.3) is 0 Å². The Morgan fingerprint density at radius 3 is 1.48 bits per heavy atom. The first kappa shape index (κ1) is 23.9. The van der Waals surface area contributed by atoms with Crippen molar-refractivity contribution in [1.82, 2.24) is 0 Å². The topological polar surface area (TPSA) is 17.1 Å². The number of rotatable bonds is 10. The molecule has 3 aliphatic carbocycles. The Morgan fingerprint density at radius 2 is 1.07 bits per heavy atom. The third-order valence-corrected chi connectivity index (χ3v) is 10.4. The zero-order valence-corrected chi connectivity index (χ0v) is 20.6. The van der Waals surface area contributed by atoms with Gasteiger partial charge in [0.1, 0.15) is 4.33 Å². The molecule has 2 spiro atoms. The second kappa shape index (κ2) is 10.2. The summed E-state index contributed by atoms with van der Waals surface area (Å²) in [5.41, 5.74) is -0.853. The van der Waals surface area contributed by atoms with Gasteiger partial charge in [0, 0.05) is 0 Å². The average Bonchev–Trinajstić information content (AvgIpc) is 2.74. The maximum Gasteiger partial charge on any atom is 0.151 e. The van der Waals surface area contributed by atoms with Gasteiger partial charge in [0.2, 0.25) is 0 Å². The summed E-state index contributed by atoms with van der Waals surface area (Å²) in [5.74, 6) is 2.01. The quantitative estimate of drug-likeness (QED) is 0.243. The van der Waals surface area contributed by atoms with E-state index in [0.29, 0.717) is 5.78 Å². The first-order valence-electron chi connectivity index (χ1n) is 12.9. The van der Waals surface area contributed by atoms with Gasteiger partial charge < -0.3 is 0 Å². The van der Waals surface area contributed by atoms with Crippen molar-refractivity contribution in [3.63, 3.8) is 0 Å². The first-order chi connectivity index (χ1) is 13.9. The fourth-order valence-electron chi connectivity index (χ4n) is 6.86. The third kappa shape index (κ3) is 4.44. The Bertz CT molecular complexity index is 525. The van der Waals surface area contributed by atoms with Crippen LogP contribution >= 0.6 is 23.2 Å². The number of unbranched alkanes of at least 4 members (excludes halogenated alkanes) is 6. The van der Waals surface area contributed by atoms with Crippen molar-refractivity contribution >= 4 is 29.0 Å². The van der Waals surface area contributed by atoms with E-state index in [4.69, 9.17) is 23.2 Å². The number of hydrogen-bond donors (Lipinski definition) is 0. The van der Waals surface area contributed by atoms with E-state index in [0.717, 1.165) is 63.2 Å². The molecule has 0 N–H and O–H groups in total. The number of hydrogen-bond acceptors (Lipinski definition) is 1. The number of carbonyl (C=O) groups is 1. The number of alkyl halides is 2. The molecule has 3 rings (SSSR count). The third-order valence-electron chi connectivity index (χ3n) is 8.92. The van der Waals surface area contributed by atoms with Crippen molar-refractivity contribution in [2.45, 2.75) is 134 Å². The van der Waals surface area contributed by atoms with Crippen LogP contribution in [0, 0.1) is 22.7 Å². The number of Topliss-reactive ketones (excluding diaryl/α,β-unsaturated/α-hetero) is 1. The standard InChI is InChI=1S/C26H44Cl2O/c1-3-5-7-8-10-12-22-15-19-25(20-16-22)23(29)24(26(25,27)28)17-13-21(14-18-24)11-9-6-4-2/h21-22H,3-20H2,1-2H3/t21-,22?,24+,25-. The fourth-order valence-corrected chi connectivity index (χ4v) is 7.96. The van der Waals surface area contributed by atoms with Crippen LogP contribution in [-0.2, 0) is 4.79 Å². The Labute approximate surface area is 190 Å². The van der Waals surface area contributed by atoms with Crippen LogP contribution in [0.2, 0.25) is 0 Å². The summed E-state index contributed by atoms with van der Waals surface area (Å²) < 4.78 is -0.822. The van der Waals surface area contributed by atoms with Gasteiger partial charge in [-0.1, -0.05) is 101 Å². The van der Waals surface area contributed by atoms with Crippen LogP contribution < -0.4 is 0 Å². The number of carbonyl (C=O) groups excluding carboxylic acids is 1. The van der Waals surface area contributed by atoms with E-state index < -0.39 is 15.2 Å². The van der Waals surface area contributed by atoms with E-state index in [-0.39, 0.29) is 0 Å². The van der Waals surface area contributed by atoms with Crippen LogP contribution in [0.4, 0.5) is 0 Å². The smallest absolute Gasteiger partial charge is 0.151 e. The van der Waals surface area contributed by atoms with Crippen molar-refractivity contribution in [3.05, 3.63) is 0 Å². The molecule has 0 saturated heterocycles. The summed E-state index contributed by atoms with van der Waals surface area (Å²) in [5, 5.41) is 0. The summed E-state index contributed by atoms with van der Waals surface area (Å²) in [6.45, 7) is 4.53. The summed E-state index contributed by atoms with van der Waals surface area (Å²) in [7, 11) is 0. The molecule has 0 bridgehead atoms. The molecule has 0 amide bonds. The summed E-state index contributed by atoms with van der Waals surface area (Å²) in [6.07, 6.45) is 21.7. The van der Waals surface area contributed by atoms with Gasteiger partial charge >= 0.3 is 0 Å². The minimum atomic E-state index is -0.822. The summed E-state index contributed by atoms with van der Waals surface area (Å²) in [4.78, 5) is 13.6. The van der Waals surface area contributed by atoms with Gasteiger partial charge in [-0.15, -0.1) is 0 Å². The van der Waals surface area contributed by atoms with Crippen molar-refractivity contribution < 1.29 is 4.79 Å². The normalized spacial score (nSPS) is 36.5. The number of ketones is 1. The SMILES string of the molecule is CCCCCCCC1CC[C@]2(CC1)C(=O)[C@@]1(CC[C@@H](CCCCC)CC1)C2(Cl)Cl. The van der Waals surface area contributed by atoms with Crippen LogP contribution in [0.3, 0.4) is 0 Å². The highest BCUT2D eigenvalue weighted by atomic mass is 35.5. The van der Waals surface area contributed by atoms with Gasteiger partial charge in [-0.3, -0.25) is 4.79 Å². The van der Waals surface area contributed by atoms with E-state index in [1.807, 2.05) is 0 Å². The second-order valence-corrected chi connectivity index (χ2v) is 12.0. The van der Waals surface area contributed by atoms with Crippen molar-refractivity contribution in [1.29, 1.82) is 0 Å². The molecule has 0 radical (unpaired) electrons. The lowest BCUT2D eigenvalue weighted by atomic mass is 9.42. The lowest BCUT2D eigenvalue weighted by Gasteiger charge is -2.67. The highest BCUT2D eigenvalue weighted by Gasteiger charge is 2.78. The Hall–Kier alpha value is 0.250. The average molecular weight is 444 g/mol. The molecule has 29 heavy (non-hydrogen) atoms. The van der Waals surface area contributed by atoms with Gasteiger partial charge in [0.05, 0.1) is 10.8 Å². The molecule has 0 atom stereocenters. The zero-order valence-electron chi connectivity index (χ0n) is 19.0. The zero-order chi connectivity index (χ0) is 21.0. The molecular formula is C26H44Cl2O. The van der Waals surface area contributed by atoms with Crippen molar-refractivity contribution in [3.8, 4) is 0 Å². The largest absolute Gasteiger partial charge is 0.298 e. The van der Waals surface area contributed by atoms with E-state index in [2.05, 4.69) is 13.8 Å². The molecule has 0 aromatic carbocycles. The molecule has 0 aromatic heterocycles. The van der Waals surface area contributed by atoms with Crippen LogP contribution in [0.1, 0.15) is 129 Å². The Kier molecular flexibility index (Phi) is 8.44. The predicted octanol–water partition coefficient (Wildman–Crippen LogP) is 9.04. The molecule has 0 aliphatic heterocycles. The lowest BCUT2D eigenvalue weighted by Crippen LogP contribution is -2.74. The summed E-state index contributed by atoms with van der Waals surface area (Å²) >= 11 is 14.2. The molecule has 3 saturated carbocycles. The monoisotopic (exact) mass is 442 g/mol. The molecule has 1 nitrogen and oxygen atoms in total. The molecule has 3 aliphatic rings. The van der Waals surface area contributed by atoms with Crippen LogP contribution in [0.25, 0.3) is 0 Å². The minimum absolute atomic E-state index is 0.426. The molecular weight excluding hydrogens is 399 g/mol. The molecule has 168 valence electrons. The van der Waals surface area contributed by atoms with E-state index in [9.17, 15) is 4.79 Å². The van der Waals surface area contributed by atoms with E-state index in [1.54, 1.807) is 0 Å². The minimum Gasteiger partial charge on any atom is -0.298 e. The highest BCUT2D eigenvalue weighted by molar-refractivity contribution is 6.55. The first-order valence-corrected chi connectivity index (χ1v) is 13.6. The second-order valence-electron chi connectivity index (χ2n) is 10.7. The van der Waals surface area contributed by atoms with Crippen molar-refractivity contribution in [2.24, 2.45) is 22.7 Å². The highest BCUT2D eigenvalue weighted by Crippen LogP contribution is 2.74. The fraction of sp³-hybridized carbons (Fsp3) is 0.962. The Balaban J connectivity index is 1.49. The predicted molar refractivity (Wildman–Crippen MR) is 126 cm³/mol. The van der Waals surface area contributed by atoms with E-state index in [1.165, 1.54) is 64.2 Å². The van der Waals surface area contributed by atoms with Crippen LogP contribution in [0.15, 0.2) is 0 Å². The maximum atomic E-state index is 13.6. The van der Waals surface area contributed by atoms with E-state index >= 15 is 0 Å². The summed E-state index contributed by atoms with van der Waals surface area (Å²) in [6, 6.07) is 0. The van der Waals surface area contributed by atoms with Crippen molar-refractivity contribution in [2.75, 3.05) is 0 Å². The van der Waals surface area contributed by atoms with Gasteiger partial charge in [0.15, 0.2) is 5.78 Å². The molecule has 3 heteroatoms. The maximum absolute atomic E-state index is 13.6. The molecule has 0 aromatic rings. The number of halogens is 2. The van der Waals surface area contributed by atoms with Crippen LogP contribution in [0.5, 0.6) is 0 Å². The van der Waals surface area contributed by atoms with Gasteiger partial charge in [-0.25, -0.2) is 0 Å². The lowest BCUT2D eigenvalue weighted by molar-refractivity contribution is -0.172. The molecule has 3 fully saturated rings. The van der Waals surface area contributed by atoms with Gasteiger partial charge in [-0.05, 0) is 63.2 Å². The van der Waals surface area contributed by atoms with Crippen LogP contribution in [-0.4, -0.2) is 10.1 Å². The molecule has 0 unspecified atom stereocenters.